The first-order chi connectivity index (χ1) is 28.2. The van der Waals surface area contributed by atoms with Crippen molar-refractivity contribution >= 4 is 13.8 Å². The third-order valence-electron chi connectivity index (χ3n) is 16.9. The highest BCUT2D eigenvalue weighted by atomic mass is 28.3. The summed E-state index contributed by atoms with van der Waals surface area (Å²) in [7, 11) is -1.86. The Labute approximate surface area is 376 Å². The zero-order valence-corrected chi connectivity index (χ0v) is 43.9. The lowest BCUT2D eigenvalue weighted by Crippen LogP contribution is -2.67. The molecule has 0 amide bonds. The molecule has 342 valence electrons. The molecule has 0 heterocycles. The predicted octanol–water partition coefficient (Wildman–Crippen LogP) is 18.7. The van der Waals surface area contributed by atoms with Gasteiger partial charge in [0.2, 0.25) is 0 Å². The topological polar surface area (TPSA) is 3.24 Å². The van der Waals surface area contributed by atoms with Gasteiger partial charge in [-0.2, -0.15) is 0 Å². The molecule has 0 aliphatic heterocycles. The van der Waals surface area contributed by atoms with Gasteiger partial charge >= 0.3 is 0 Å². The Morgan fingerprint density at radius 1 is 0.550 bits per heavy atom. The number of benzene rings is 1. The zero-order chi connectivity index (χ0) is 44.0. The predicted molar refractivity (Wildman–Crippen MR) is 271 cm³/mol. The van der Waals surface area contributed by atoms with Crippen LogP contribution in [0.25, 0.3) is 5.57 Å². The maximum atomic E-state index is 3.04. The molecule has 1 aromatic rings. The van der Waals surface area contributed by atoms with Gasteiger partial charge in [0.1, 0.15) is 8.24 Å². The molecule has 0 N–H and O–H groups in total. The van der Waals surface area contributed by atoms with Gasteiger partial charge in [0.05, 0.1) is 0 Å². The van der Waals surface area contributed by atoms with Crippen molar-refractivity contribution in [2.45, 2.75) is 296 Å². The molecule has 2 heteroatoms. The van der Waals surface area contributed by atoms with Crippen molar-refractivity contribution in [3.8, 4) is 0 Å². The SMILES string of the molecule is CCCCCCCCCCCCC1(CCCCCCCCCCCC)C2=CC3C(C=C2c2cc4c(cc21)C(C)(C)CCC4(C)C)CCC3[Si](C)(C)N(C(C)(C)C)C(C)(C)C. The smallest absolute Gasteiger partial charge is 0.126 e. The summed E-state index contributed by atoms with van der Waals surface area (Å²) in [5.74, 6) is 1.36. The van der Waals surface area contributed by atoms with E-state index in [9.17, 15) is 0 Å². The van der Waals surface area contributed by atoms with Gasteiger partial charge < -0.3 is 4.57 Å². The fourth-order valence-electron chi connectivity index (χ4n) is 14.3. The lowest BCUT2D eigenvalue weighted by molar-refractivity contribution is 0.122. The molecule has 0 aromatic heterocycles. The van der Waals surface area contributed by atoms with Crippen LogP contribution in [0.5, 0.6) is 0 Å². The molecule has 60 heavy (non-hydrogen) atoms. The van der Waals surface area contributed by atoms with Gasteiger partial charge in [0.15, 0.2) is 0 Å². The molecule has 0 saturated heterocycles. The van der Waals surface area contributed by atoms with Gasteiger partial charge in [-0.3, -0.25) is 0 Å². The molecule has 0 radical (unpaired) electrons. The number of unbranched alkanes of at least 4 members (excludes halogenated alkanes) is 18. The molecule has 0 spiro atoms. The summed E-state index contributed by atoms with van der Waals surface area (Å²) < 4.78 is 3.04. The van der Waals surface area contributed by atoms with Crippen LogP contribution in [0.1, 0.15) is 272 Å². The largest absolute Gasteiger partial charge is 0.314 e. The zero-order valence-electron chi connectivity index (χ0n) is 42.9. The van der Waals surface area contributed by atoms with E-state index in [-0.39, 0.29) is 27.3 Å². The van der Waals surface area contributed by atoms with E-state index >= 15 is 0 Å². The summed E-state index contributed by atoms with van der Waals surface area (Å²) in [5, 5.41) is 0. The van der Waals surface area contributed by atoms with E-state index in [1.807, 2.05) is 0 Å². The lowest BCUT2D eigenvalue weighted by Gasteiger charge is -2.57. The van der Waals surface area contributed by atoms with Crippen LogP contribution >= 0.6 is 0 Å². The van der Waals surface area contributed by atoms with Crippen molar-refractivity contribution in [1.82, 2.24) is 4.57 Å². The molecule has 1 fully saturated rings. The van der Waals surface area contributed by atoms with Gasteiger partial charge in [-0.15, -0.1) is 0 Å². The maximum absolute atomic E-state index is 3.04. The third-order valence-corrected chi connectivity index (χ3v) is 21.8. The van der Waals surface area contributed by atoms with Gasteiger partial charge in [0, 0.05) is 16.5 Å². The van der Waals surface area contributed by atoms with E-state index in [2.05, 4.69) is 125 Å². The standard InChI is InChI=1S/C58H101NSi/c1-15-17-19-21-23-25-27-29-31-33-37-58(38-34-32-30-28-26-24-22-20-18-16-2)49-42-46-45(35-36-53(46)60(13,14)59(54(3,4)5)55(6,7)8)41-47(49)48-43-51-52(44-50(48)58)57(11,12)40-39-56(51,9)10/h41-46,53H,15-40H2,1-14H3. The molecule has 3 unspecified atom stereocenters. The van der Waals surface area contributed by atoms with Crippen LogP contribution in [0, 0.1) is 11.8 Å². The second kappa shape index (κ2) is 20.8. The molecule has 1 saturated carbocycles. The third kappa shape index (κ3) is 11.4. The highest BCUT2D eigenvalue weighted by Crippen LogP contribution is 2.63. The molecule has 1 nitrogen and oxygen atoms in total. The van der Waals surface area contributed by atoms with E-state index in [1.54, 1.807) is 33.4 Å². The second-order valence-corrected chi connectivity index (χ2v) is 29.6. The van der Waals surface area contributed by atoms with Crippen LogP contribution in [0.15, 0.2) is 29.9 Å². The summed E-state index contributed by atoms with van der Waals surface area (Å²) in [5.41, 5.74) is 12.0. The van der Waals surface area contributed by atoms with Crippen LogP contribution in [0.2, 0.25) is 18.6 Å². The van der Waals surface area contributed by atoms with Crippen LogP contribution in [0.3, 0.4) is 0 Å². The summed E-state index contributed by atoms with van der Waals surface area (Å²) in [6, 6.07) is 5.67. The number of rotatable bonds is 24. The molecular weight excluding hydrogens is 739 g/mol. The molecule has 3 atom stereocenters. The van der Waals surface area contributed by atoms with E-state index in [4.69, 9.17) is 0 Å². The molecule has 4 aliphatic rings. The minimum Gasteiger partial charge on any atom is -0.314 e. The molecule has 4 aliphatic carbocycles. The average molecular weight is 841 g/mol. The molecule has 5 rings (SSSR count). The fourth-order valence-corrected chi connectivity index (χ4v) is 20.3. The first-order valence-corrected chi connectivity index (χ1v) is 29.7. The first-order valence-electron chi connectivity index (χ1n) is 26.7. The van der Waals surface area contributed by atoms with Crippen molar-refractivity contribution in [2.24, 2.45) is 11.8 Å². The van der Waals surface area contributed by atoms with Gasteiger partial charge in [-0.05, 0) is 135 Å². The van der Waals surface area contributed by atoms with Gasteiger partial charge in [-0.1, -0.05) is 214 Å². The van der Waals surface area contributed by atoms with Crippen molar-refractivity contribution in [3.05, 3.63) is 52.1 Å². The molecular formula is C58H101NSi. The van der Waals surface area contributed by atoms with E-state index in [0.29, 0.717) is 11.8 Å². The van der Waals surface area contributed by atoms with E-state index < -0.39 is 8.24 Å². The highest BCUT2D eigenvalue weighted by molar-refractivity contribution is 6.76. The van der Waals surface area contributed by atoms with Crippen molar-refractivity contribution in [1.29, 1.82) is 0 Å². The van der Waals surface area contributed by atoms with Crippen molar-refractivity contribution in [3.63, 3.8) is 0 Å². The summed E-state index contributed by atoms with van der Waals surface area (Å²) in [6.45, 7) is 35.4. The van der Waals surface area contributed by atoms with Crippen LogP contribution in [-0.2, 0) is 16.2 Å². The highest BCUT2D eigenvalue weighted by Gasteiger charge is 2.55. The van der Waals surface area contributed by atoms with Crippen molar-refractivity contribution in [2.75, 3.05) is 0 Å². The van der Waals surface area contributed by atoms with E-state index in [0.717, 1.165) is 5.54 Å². The van der Waals surface area contributed by atoms with Crippen LogP contribution < -0.4 is 0 Å². The number of hydrogen-bond donors (Lipinski definition) is 0. The Hall–Kier alpha value is -1.12. The van der Waals surface area contributed by atoms with Crippen LogP contribution in [-0.4, -0.2) is 23.9 Å². The Morgan fingerprint density at radius 2 is 0.967 bits per heavy atom. The quantitative estimate of drug-likeness (QED) is 0.0740. The number of hydrogen-bond acceptors (Lipinski definition) is 1. The lowest BCUT2D eigenvalue weighted by atomic mass is 9.61. The Bertz CT molecular complexity index is 1530. The summed E-state index contributed by atoms with van der Waals surface area (Å²) >= 11 is 0. The van der Waals surface area contributed by atoms with E-state index in [1.165, 1.54) is 167 Å². The van der Waals surface area contributed by atoms with Crippen molar-refractivity contribution < 1.29 is 0 Å². The number of fused-ring (bicyclic) bond motifs is 5. The Kier molecular flexibility index (Phi) is 17.3. The molecule has 0 bridgehead atoms. The maximum Gasteiger partial charge on any atom is 0.126 e. The second-order valence-electron chi connectivity index (χ2n) is 25.1. The normalized spacial score (nSPS) is 22.9. The fraction of sp³-hybridized carbons (Fsp3) is 0.828. The Morgan fingerprint density at radius 3 is 1.40 bits per heavy atom. The molecule has 1 aromatic carbocycles. The number of nitrogens with zero attached hydrogens (tertiary/aromatic N) is 1. The van der Waals surface area contributed by atoms with Crippen LogP contribution in [0.4, 0.5) is 0 Å². The van der Waals surface area contributed by atoms with Gasteiger partial charge in [-0.25, -0.2) is 0 Å². The average Bonchev–Trinajstić information content (AvgIpc) is 3.69. The monoisotopic (exact) mass is 840 g/mol. The van der Waals surface area contributed by atoms with Gasteiger partial charge in [0.25, 0.3) is 0 Å². The minimum absolute atomic E-state index is 0.158. The summed E-state index contributed by atoms with van der Waals surface area (Å²) in [4.78, 5) is 0. The Balaban J connectivity index is 1.52. The minimum atomic E-state index is -1.86. The summed E-state index contributed by atoms with van der Waals surface area (Å²) in [6.07, 6.45) is 42.3. The first kappa shape index (κ1) is 49.9. The number of allylic oxidation sites excluding steroid dienone is 4.